The van der Waals surface area contributed by atoms with Crippen LogP contribution >= 0.6 is 11.3 Å². The summed E-state index contributed by atoms with van der Waals surface area (Å²) in [4.78, 5) is 8.72. The Hall–Kier alpha value is -1.89. The second kappa shape index (κ2) is 4.34. The van der Waals surface area contributed by atoms with Crippen LogP contribution in [0.3, 0.4) is 0 Å². The molecule has 0 fully saturated rings. The van der Waals surface area contributed by atoms with Crippen LogP contribution in [0, 0.1) is 0 Å². The highest BCUT2D eigenvalue weighted by molar-refractivity contribution is 7.09. The average molecular weight is 284 g/mol. The van der Waals surface area contributed by atoms with E-state index in [1.54, 1.807) is 0 Å². The topological polar surface area (TPSA) is 38.9 Å². The van der Waals surface area contributed by atoms with Crippen molar-refractivity contribution in [2.24, 2.45) is 0 Å². The highest BCUT2D eigenvalue weighted by atomic mass is 32.1. The zero-order chi connectivity index (χ0) is 13.5. The molecule has 19 heavy (non-hydrogen) atoms. The zero-order valence-corrected chi connectivity index (χ0v) is 10.3. The minimum atomic E-state index is -4.42. The molecule has 3 aromatic heterocycles. The van der Waals surface area contributed by atoms with Crippen molar-refractivity contribution in [1.82, 2.24) is 9.97 Å². The van der Waals surface area contributed by atoms with Crippen molar-refractivity contribution in [3.8, 4) is 0 Å². The number of thiophene rings is 1. The number of hydrogen-bond donors (Lipinski definition) is 0. The van der Waals surface area contributed by atoms with Crippen LogP contribution in [0.4, 0.5) is 13.2 Å². The molecule has 3 nitrogen and oxygen atoms in total. The van der Waals surface area contributed by atoms with Gasteiger partial charge in [0.1, 0.15) is 5.52 Å². The van der Waals surface area contributed by atoms with Gasteiger partial charge in [0.05, 0.1) is 12.0 Å². The molecular weight excluding hydrogens is 277 g/mol. The Kier molecular flexibility index (Phi) is 2.78. The highest BCUT2D eigenvalue weighted by Crippen LogP contribution is 2.30. The molecule has 0 spiro atoms. The summed E-state index contributed by atoms with van der Waals surface area (Å²) in [5.74, 6) is 0.365. The molecule has 0 saturated heterocycles. The molecule has 3 heterocycles. The van der Waals surface area contributed by atoms with E-state index in [1.165, 1.54) is 11.3 Å². The second-order valence-corrected chi connectivity index (χ2v) is 4.94. The molecule has 0 radical (unpaired) electrons. The maximum Gasteiger partial charge on any atom is 0.417 e. The van der Waals surface area contributed by atoms with Gasteiger partial charge >= 0.3 is 6.18 Å². The van der Waals surface area contributed by atoms with Crippen molar-refractivity contribution < 1.29 is 17.6 Å². The van der Waals surface area contributed by atoms with E-state index in [9.17, 15) is 13.2 Å². The molecule has 0 aromatic carbocycles. The molecule has 0 atom stereocenters. The molecule has 3 aromatic rings. The first kappa shape index (κ1) is 12.2. The fourth-order valence-corrected chi connectivity index (χ4v) is 2.36. The molecule has 98 valence electrons. The number of halogens is 3. The molecule has 0 aliphatic carbocycles. The quantitative estimate of drug-likeness (QED) is 0.716. The van der Waals surface area contributed by atoms with Crippen LogP contribution in [-0.4, -0.2) is 9.97 Å². The van der Waals surface area contributed by atoms with Crippen LogP contribution in [0.25, 0.3) is 11.2 Å². The van der Waals surface area contributed by atoms with Gasteiger partial charge in [-0.1, -0.05) is 6.07 Å². The summed E-state index contributed by atoms with van der Waals surface area (Å²) >= 11 is 1.53. The highest BCUT2D eigenvalue weighted by Gasteiger charge is 2.31. The van der Waals surface area contributed by atoms with Gasteiger partial charge in [-0.2, -0.15) is 13.2 Å². The lowest BCUT2D eigenvalue weighted by molar-refractivity contribution is -0.137. The molecule has 0 aliphatic rings. The maximum atomic E-state index is 12.5. The number of pyridine rings is 1. The van der Waals surface area contributed by atoms with E-state index in [4.69, 9.17) is 4.42 Å². The van der Waals surface area contributed by atoms with Gasteiger partial charge in [-0.25, -0.2) is 9.97 Å². The van der Waals surface area contributed by atoms with Crippen LogP contribution in [0.1, 0.15) is 16.3 Å². The Morgan fingerprint density at radius 1 is 1.32 bits per heavy atom. The first-order chi connectivity index (χ1) is 9.02. The molecule has 0 aliphatic heterocycles. The maximum absolute atomic E-state index is 12.5. The van der Waals surface area contributed by atoms with Crippen LogP contribution < -0.4 is 0 Å². The van der Waals surface area contributed by atoms with Crippen molar-refractivity contribution >= 4 is 22.6 Å². The molecule has 7 heteroatoms. The summed E-state index contributed by atoms with van der Waals surface area (Å²) in [5.41, 5.74) is -0.572. The van der Waals surface area contributed by atoms with Gasteiger partial charge in [0.2, 0.25) is 11.6 Å². The number of aromatic nitrogens is 2. The second-order valence-electron chi connectivity index (χ2n) is 3.91. The first-order valence-corrected chi connectivity index (χ1v) is 6.25. The van der Waals surface area contributed by atoms with Crippen molar-refractivity contribution in [1.29, 1.82) is 0 Å². The predicted molar refractivity (Wildman–Crippen MR) is 63.9 cm³/mol. The van der Waals surface area contributed by atoms with Crippen molar-refractivity contribution in [2.75, 3.05) is 0 Å². The SMILES string of the molecule is FC(F)(F)c1cnc2oc(Cc3cccs3)nc2c1. The fraction of sp³-hybridized carbons (Fsp3) is 0.167. The minimum Gasteiger partial charge on any atom is -0.422 e. The molecule has 3 rings (SSSR count). The lowest BCUT2D eigenvalue weighted by atomic mass is 10.2. The van der Waals surface area contributed by atoms with Crippen LogP contribution in [0.2, 0.25) is 0 Å². The van der Waals surface area contributed by atoms with Gasteiger partial charge in [-0.15, -0.1) is 11.3 Å². The zero-order valence-electron chi connectivity index (χ0n) is 9.44. The molecule has 0 amide bonds. The molecular formula is C12H7F3N2OS. The number of fused-ring (bicyclic) bond motifs is 1. The summed E-state index contributed by atoms with van der Waals surface area (Å²) in [7, 11) is 0. The lowest BCUT2D eigenvalue weighted by Gasteiger charge is -2.03. The predicted octanol–water partition coefficient (Wildman–Crippen LogP) is 3.89. The standard InChI is InChI=1S/C12H7F3N2OS/c13-12(14,15)7-4-9-11(16-6-7)18-10(17-9)5-8-2-1-3-19-8/h1-4,6H,5H2. The van der Waals surface area contributed by atoms with Crippen LogP contribution in [0.15, 0.2) is 34.2 Å². The smallest absolute Gasteiger partial charge is 0.417 e. The third-order valence-electron chi connectivity index (χ3n) is 2.52. The van der Waals surface area contributed by atoms with Gasteiger partial charge in [0.25, 0.3) is 0 Å². The molecule has 0 N–H and O–H groups in total. The normalized spacial score (nSPS) is 12.2. The van der Waals surface area contributed by atoms with Crippen molar-refractivity contribution in [2.45, 2.75) is 12.6 Å². The number of alkyl halides is 3. The van der Waals surface area contributed by atoms with E-state index < -0.39 is 11.7 Å². The van der Waals surface area contributed by atoms with Gasteiger partial charge in [-0.3, -0.25) is 0 Å². The van der Waals surface area contributed by atoms with Crippen molar-refractivity contribution in [3.63, 3.8) is 0 Å². The summed E-state index contributed by atoms with van der Waals surface area (Å²) in [6.07, 6.45) is -3.22. The van der Waals surface area contributed by atoms with E-state index in [2.05, 4.69) is 9.97 Å². The van der Waals surface area contributed by atoms with E-state index >= 15 is 0 Å². The Morgan fingerprint density at radius 2 is 2.16 bits per heavy atom. The van der Waals surface area contributed by atoms with E-state index in [0.717, 1.165) is 17.1 Å². The fourth-order valence-electron chi connectivity index (χ4n) is 1.66. The number of oxazole rings is 1. The summed E-state index contributed by atoms with van der Waals surface area (Å²) in [5, 5.41) is 1.91. The minimum absolute atomic E-state index is 0.125. The van der Waals surface area contributed by atoms with Gasteiger partial charge in [0, 0.05) is 11.1 Å². The van der Waals surface area contributed by atoms with E-state index in [-0.39, 0.29) is 11.2 Å². The van der Waals surface area contributed by atoms with Crippen LogP contribution in [0.5, 0.6) is 0 Å². The summed E-state index contributed by atoms with van der Waals surface area (Å²) < 4.78 is 42.9. The van der Waals surface area contributed by atoms with E-state index in [1.807, 2.05) is 17.5 Å². The average Bonchev–Trinajstić information content (AvgIpc) is 2.95. The lowest BCUT2D eigenvalue weighted by Crippen LogP contribution is -2.04. The Bertz CT molecular complexity index is 703. The number of nitrogens with zero attached hydrogens (tertiary/aromatic N) is 2. The third kappa shape index (κ3) is 2.46. The molecule has 0 unspecified atom stereocenters. The Balaban J connectivity index is 1.97. The number of rotatable bonds is 2. The molecule has 0 bridgehead atoms. The van der Waals surface area contributed by atoms with Gasteiger partial charge in [0.15, 0.2) is 0 Å². The Labute approximate surface area is 109 Å². The monoisotopic (exact) mass is 284 g/mol. The van der Waals surface area contributed by atoms with Gasteiger partial charge in [-0.05, 0) is 17.5 Å². The molecule has 0 saturated carbocycles. The van der Waals surface area contributed by atoms with E-state index in [0.29, 0.717) is 12.3 Å². The summed E-state index contributed by atoms with van der Waals surface area (Å²) in [6.45, 7) is 0. The third-order valence-corrected chi connectivity index (χ3v) is 3.40. The van der Waals surface area contributed by atoms with Crippen molar-refractivity contribution in [3.05, 3.63) is 46.1 Å². The number of hydrogen-bond acceptors (Lipinski definition) is 4. The summed E-state index contributed by atoms with van der Waals surface area (Å²) in [6, 6.07) is 4.75. The van der Waals surface area contributed by atoms with Gasteiger partial charge < -0.3 is 4.42 Å². The van der Waals surface area contributed by atoms with Crippen LogP contribution in [-0.2, 0) is 12.6 Å². The largest absolute Gasteiger partial charge is 0.422 e. The Morgan fingerprint density at radius 3 is 2.84 bits per heavy atom. The first-order valence-electron chi connectivity index (χ1n) is 5.37.